The van der Waals surface area contributed by atoms with Gasteiger partial charge in [-0.1, -0.05) is 18.2 Å². The SMILES string of the molecule is CN=C(NCCC(=O)N1CCN(c2ccccc2)CC1)NC(C)(C)C.I. The molecule has 0 unspecified atom stereocenters. The minimum absolute atomic E-state index is 0. The molecule has 0 aliphatic carbocycles. The Morgan fingerprint density at radius 1 is 1.12 bits per heavy atom. The summed E-state index contributed by atoms with van der Waals surface area (Å²) in [5.41, 5.74) is 1.17. The number of hydrogen-bond acceptors (Lipinski definition) is 3. The molecule has 7 heteroatoms. The predicted octanol–water partition coefficient (Wildman–Crippen LogP) is 2.31. The maximum Gasteiger partial charge on any atom is 0.224 e. The summed E-state index contributed by atoms with van der Waals surface area (Å²) in [5.74, 6) is 0.931. The van der Waals surface area contributed by atoms with Crippen molar-refractivity contribution in [3.63, 3.8) is 0 Å². The fraction of sp³-hybridized carbons (Fsp3) is 0.579. The largest absolute Gasteiger partial charge is 0.368 e. The quantitative estimate of drug-likeness (QED) is 0.401. The van der Waals surface area contributed by atoms with Gasteiger partial charge in [-0.05, 0) is 32.9 Å². The number of halogens is 1. The Kier molecular flexibility index (Phi) is 9.18. The number of rotatable bonds is 4. The first-order valence-electron chi connectivity index (χ1n) is 8.95. The third-order valence-corrected chi connectivity index (χ3v) is 4.10. The van der Waals surface area contributed by atoms with Gasteiger partial charge in [0.05, 0.1) is 0 Å². The Balaban J connectivity index is 0.00000338. The first-order chi connectivity index (χ1) is 11.9. The number of carbonyl (C=O) groups excluding carboxylic acids is 1. The first kappa shape index (κ1) is 22.5. The van der Waals surface area contributed by atoms with Crippen molar-refractivity contribution in [3.05, 3.63) is 30.3 Å². The second kappa shape index (κ2) is 10.6. The molecule has 0 spiro atoms. The lowest BCUT2D eigenvalue weighted by atomic mass is 10.1. The normalized spacial score (nSPS) is 15.3. The van der Waals surface area contributed by atoms with Gasteiger partial charge in [0.25, 0.3) is 0 Å². The van der Waals surface area contributed by atoms with E-state index < -0.39 is 0 Å². The second-order valence-corrected chi connectivity index (χ2v) is 7.33. The van der Waals surface area contributed by atoms with E-state index in [9.17, 15) is 4.79 Å². The van der Waals surface area contributed by atoms with Crippen molar-refractivity contribution in [2.24, 2.45) is 4.99 Å². The van der Waals surface area contributed by atoms with Crippen LogP contribution in [0.2, 0.25) is 0 Å². The van der Waals surface area contributed by atoms with Crippen LogP contribution in [0.25, 0.3) is 0 Å². The molecule has 26 heavy (non-hydrogen) atoms. The summed E-state index contributed by atoms with van der Waals surface area (Å²) in [4.78, 5) is 20.9. The van der Waals surface area contributed by atoms with Crippen LogP contribution >= 0.6 is 24.0 Å². The highest BCUT2D eigenvalue weighted by atomic mass is 127. The number of hydrogen-bond donors (Lipinski definition) is 2. The zero-order valence-electron chi connectivity index (χ0n) is 16.3. The van der Waals surface area contributed by atoms with Gasteiger partial charge in [0, 0.05) is 57.4 Å². The van der Waals surface area contributed by atoms with E-state index in [1.807, 2.05) is 11.0 Å². The second-order valence-electron chi connectivity index (χ2n) is 7.33. The summed E-state index contributed by atoms with van der Waals surface area (Å²) in [5, 5.41) is 6.50. The Morgan fingerprint density at radius 2 is 1.73 bits per heavy atom. The third kappa shape index (κ3) is 7.39. The number of amides is 1. The van der Waals surface area contributed by atoms with Crippen molar-refractivity contribution in [2.75, 3.05) is 44.7 Å². The van der Waals surface area contributed by atoms with Crippen LogP contribution < -0.4 is 15.5 Å². The maximum atomic E-state index is 12.4. The van der Waals surface area contributed by atoms with Gasteiger partial charge < -0.3 is 20.4 Å². The molecule has 1 aromatic rings. The van der Waals surface area contributed by atoms with E-state index in [2.05, 4.69) is 65.6 Å². The third-order valence-electron chi connectivity index (χ3n) is 4.10. The lowest BCUT2D eigenvalue weighted by Gasteiger charge is -2.36. The first-order valence-corrected chi connectivity index (χ1v) is 8.95. The molecule has 0 saturated carbocycles. The molecule has 1 amide bonds. The van der Waals surface area contributed by atoms with Crippen molar-refractivity contribution < 1.29 is 4.79 Å². The Morgan fingerprint density at radius 3 is 2.27 bits per heavy atom. The van der Waals surface area contributed by atoms with Gasteiger partial charge in [0.15, 0.2) is 5.96 Å². The molecular weight excluding hydrogens is 441 g/mol. The summed E-state index contributed by atoms with van der Waals surface area (Å²) in [6, 6.07) is 10.4. The number of nitrogens with zero attached hydrogens (tertiary/aromatic N) is 3. The van der Waals surface area contributed by atoms with E-state index in [0.717, 1.165) is 32.1 Å². The van der Waals surface area contributed by atoms with Crippen LogP contribution in [0, 0.1) is 0 Å². The molecule has 1 heterocycles. The Labute approximate surface area is 174 Å². The van der Waals surface area contributed by atoms with Gasteiger partial charge >= 0.3 is 0 Å². The molecule has 2 N–H and O–H groups in total. The molecule has 6 nitrogen and oxygen atoms in total. The standard InChI is InChI=1S/C19H31N5O.HI/c1-19(2,3)22-18(20-4)21-11-10-17(25)24-14-12-23(13-15-24)16-8-6-5-7-9-16;/h5-9H,10-15H2,1-4H3,(H2,20,21,22);1H. The van der Waals surface area contributed by atoms with Gasteiger partial charge in [-0.15, -0.1) is 24.0 Å². The monoisotopic (exact) mass is 473 g/mol. The van der Waals surface area contributed by atoms with Crippen LogP contribution in [0.5, 0.6) is 0 Å². The van der Waals surface area contributed by atoms with E-state index in [-0.39, 0.29) is 35.4 Å². The number of nitrogens with one attached hydrogen (secondary N) is 2. The summed E-state index contributed by atoms with van der Waals surface area (Å²) >= 11 is 0. The predicted molar refractivity (Wildman–Crippen MR) is 120 cm³/mol. The van der Waals surface area contributed by atoms with Crippen LogP contribution in [-0.4, -0.2) is 62.1 Å². The van der Waals surface area contributed by atoms with Gasteiger partial charge in [-0.25, -0.2) is 0 Å². The van der Waals surface area contributed by atoms with Crippen molar-refractivity contribution in [1.29, 1.82) is 0 Å². The van der Waals surface area contributed by atoms with E-state index in [0.29, 0.717) is 13.0 Å². The van der Waals surface area contributed by atoms with E-state index >= 15 is 0 Å². The molecular formula is C19H32IN5O. The lowest BCUT2D eigenvalue weighted by molar-refractivity contribution is -0.131. The number of anilines is 1. The summed E-state index contributed by atoms with van der Waals surface area (Å²) < 4.78 is 0. The summed E-state index contributed by atoms with van der Waals surface area (Å²) in [7, 11) is 1.74. The molecule has 0 bridgehead atoms. The van der Waals surface area contributed by atoms with Crippen molar-refractivity contribution in [3.8, 4) is 0 Å². The molecule has 0 atom stereocenters. The highest BCUT2D eigenvalue weighted by Gasteiger charge is 2.21. The zero-order valence-corrected chi connectivity index (χ0v) is 18.6. The van der Waals surface area contributed by atoms with Crippen LogP contribution in [0.4, 0.5) is 5.69 Å². The Hall–Kier alpha value is -1.51. The van der Waals surface area contributed by atoms with Crippen molar-refractivity contribution in [1.82, 2.24) is 15.5 Å². The number of para-hydroxylation sites is 1. The van der Waals surface area contributed by atoms with E-state index in [1.54, 1.807) is 7.05 Å². The topological polar surface area (TPSA) is 60.0 Å². The van der Waals surface area contributed by atoms with Crippen LogP contribution in [0.1, 0.15) is 27.2 Å². The minimum atomic E-state index is -0.0559. The molecule has 146 valence electrons. The van der Waals surface area contributed by atoms with E-state index in [1.165, 1.54) is 5.69 Å². The summed E-state index contributed by atoms with van der Waals surface area (Å²) in [6.07, 6.45) is 0.482. The van der Waals surface area contributed by atoms with Crippen LogP contribution in [0.3, 0.4) is 0 Å². The lowest BCUT2D eigenvalue weighted by Crippen LogP contribution is -2.50. The van der Waals surface area contributed by atoms with Crippen LogP contribution in [0.15, 0.2) is 35.3 Å². The average Bonchev–Trinajstić information content (AvgIpc) is 2.60. The van der Waals surface area contributed by atoms with Gasteiger partial charge in [-0.3, -0.25) is 9.79 Å². The maximum absolute atomic E-state index is 12.4. The number of piperazine rings is 1. The number of carbonyl (C=O) groups is 1. The van der Waals surface area contributed by atoms with Gasteiger partial charge in [-0.2, -0.15) is 0 Å². The number of benzene rings is 1. The molecule has 0 radical (unpaired) electrons. The fourth-order valence-electron chi connectivity index (χ4n) is 2.83. The molecule has 1 aliphatic rings. The van der Waals surface area contributed by atoms with Crippen molar-refractivity contribution >= 4 is 41.5 Å². The fourth-order valence-corrected chi connectivity index (χ4v) is 2.83. The molecule has 1 aromatic carbocycles. The molecule has 1 aliphatic heterocycles. The highest BCUT2D eigenvalue weighted by molar-refractivity contribution is 14.0. The van der Waals surface area contributed by atoms with Crippen molar-refractivity contribution in [2.45, 2.75) is 32.7 Å². The molecule has 0 aromatic heterocycles. The van der Waals surface area contributed by atoms with Gasteiger partial charge in [0.2, 0.25) is 5.91 Å². The van der Waals surface area contributed by atoms with Gasteiger partial charge in [0.1, 0.15) is 0 Å². The number of aliphatic imine (C=N–C) groups is 1. The smallest absolute Gasteiger partial charge is 0.224 e. The summed E-state index contributed by atoms with van der Waals surface area (Å²) in [6.45, 7) is 10.2. The average molecular weight is 473 g/mol. The Bertz CT molecular complexity index is 577. The molecule has 1 saturated heterocycles. The molecule has 1 fully saturated rings. The van der Waals surface area contributed by atoms with Crippen LogP contribution in [-0.2, 0) is 4.79 Å². The number of guanidine groups is 1. The minimum Gasteiger partial charge on any atom is -0.368 e. The molecule has 2 rings (SSSR count). The zero-order chi connectivity index (χ0) is 18.3. The van der Waals surface area contributed by atoms with E-state index in [4.69, 9.17) is 0 Å². The highest BCUT2D eigenvalue weighted by Crippen LogP contribution is 2.15.